The van der Waals surface area contributed by atoms with Crippen LogP contribution in [0.3, 0.4) is 0 Å². The van der Waals surface area contributed by atoms with Gasteiger partial charge in [0.1, 0.15) is 5.82 Å². The minimum Gasteiger partial charge on any atom is -0.385 e. The van der Waals surface area contributed by atoms with Crippen molar-refractivity contribution in [1.29, 1.82) is 0 Å². The molecule has 0 bridgehead atoms. The molecule has 0 aliphatic rings. The second kappa shape index (κ2) is 6.01. The Labute approximate surface area is 121 Å². The van der Waals surface area contributed by atoms with E-state index in [1.165, 1.54) is 12.1 Å². The molecule has 0 unspecified atom stereocenters. The van der Waals surface area contributed by atoms with E-state index in [4.69, 9.17) is 0 Å². The number of thiazole rings is 1. The molecule has 3 aromatic rings. The van der Waals surface area contributed by atoms with Crippen molar-refractivity contribution in [2.45, 2.75) is 12.8 Å². The summed E-state index contributed by atoms with van der Waals surface area (Å²) in [6.45, 7) is 0.911. The van der Waals surface area contributed by atoms with Crippen LogP contribution in [0, 0.1) is 5.82 Å². The first kappa shape index (κ1) is 13.1. The first-order chi connectivity index (χ1) is 9.81. The van der Waals surface area contributed by atoms with Gasteiger partial charge in [0.2, 0.25) is 0 Å². The van der Waals surface area contributed by atoms with Crippen LogP contribution >= 0.6 is 11.3 Å². The Kier molecular flexibility index (Phi) is 3.92. The van der Waals surface area contributed by atoms with Gasteiger partial charge in [-0.15, -0.1) is 11.3 Å². The van der Waals surface area contributed by atoms with Crippen LogP contribution < -0.4 is 5.32 Å². The second-order valence-electron chi connectivity index (χ2n) is 4.62. The van der Waals surface area contributed by atoms with Crippen molar-refractivity contribution < 1.29 is 4.39 Å². The van der Waals surface area contributed by atoms with Crippen molar-refractivity contribution >= 4 is 27.2 Å². The normalized spacial score (nSPS) is 10.8. The number of halogens is 1. The number of aryl methyl sites for hydroxylation is 1. The second-order valence-corrected chi connectivity index (χ2v) is 5.73. The highest BCUT2D eigenvalue weighted by Crippen LogP contribution is 2.23. The van der Waals surface area contributed by atoms with Crippen molar-refractivity contribution in [2.24, 2.45) is 0 Å². The maximum absolute atomic E-state index is 13.1. The highest BCUT2D eigenvalue weighted by atomic mass is 32.1. The van der Waals surface area contributed by atoms with Crippen molar-refractivity contribution in [1.82, 2.24) is 4.98 Å². The molecular weight excluding hydrogens is 271 g/mol. The molecule has 4 heteroatoms. The smallest absolute Gasteiger partial charge is 0.125 e. The molecule has 2 aromatic carbocycles. The minimum absolute atomic E-state index is 0.222. The van der Waals surface area contributed by atoms with Gasteiger partial charge >= 0.3 is 0 Å². The summed E-state index contributed by atoms with van der Waals surface area (Å²) in [5.41, 5.74) is 1.90. The van der Waals surface area contributed by atoms with Crippen LogP contribution in [0.1, 0.15) is 11.4 Å². The number of para-hydroxylation sites is 1. The average molecular weight is 286 g/mol. The van der Waals surface area contributed by atoms with Crippen LogP contribution in [-0.4, -0.2) is 11.5 Å². The van der Waals surface area contributed by atoms with E-state index in [1.807, 2.05) is 18.2 Å². The molecule has 0 saturated carbocycles. The van der Waals surface area contributed by atoms with Crippen molar-refractivity contribution in [2.75, 3.05) is 11.9 Å². The molecule has 1 heterocycles. The van der Waals surface area contributed by atoms with Crippen LogP contribution in [0.15, 0.2) is 48.5 Å². The Balaban J connectivity index is 1.55. The largest absolute Gasteiger partial charge is 0.385 e. The SMILES string of the molecule is Fc1ccc2sc(CCCNc3ccccc3)nc2c1. The summed E-state index contributed by atoms with van der Waals surface area (Å²) >= 11 is 1.65. The maximum atomic E-state index is 13.1. The monoisotopic (exact) mass is 286 g/mol. The number of nitrogens with one attached hydrogen (secondary N) is 1. The molecular formula is C16H15FN2S. The van der Waals surface area contributed by atoms with E-state index in [9.17, 15) is 4.39 Å². The van der Waals surface area contributed by atoms with Gasteiger partial charge in [0.25, 0.3) is 0 Å². The van der Waals surface area contributed by atoms with Crippen molar-refractivity contribution in [3.8, 4) is 0 Å². The fourth-order valence-electron chi connectivity index (χ4n) is 2.08. The Morgan fingerprint density at radius 1 is 1.10 bits per heavy atom. The lowest BCUT2D eigenvalue weighted by Crippen LogP contribution is -2.02. The number of nitrogens with zero attached hydrogens (tertiary/aromatic N) is 1. The molecule has 1 N–H and O–H groups in total. The minimum atomic E-state index is -0.222. The third-order valence-corrected chi connectivity index (χ3v) is 4.16. The predicted molar refractivity (Wildman–Crippen MR) is 82.8 cm³/mol. The van der Waals surface area contributed by atoms with E-state index in [0.717, 1.165) is 40.3 Å². The highest BCUT2D eigenvalue weighted by Gasteiger charge is 2.04. The summed E-state index contributed by atoms with van der Waals surface area (Å²) in [4.78, 5) is 4.47. The first-order valence-corrected chi connectivity index (χ1v) is 7.47. The summed E-state index contributed by atoms with van der Waals surface area (Å²) in [5, 5.41) is 4.44. The van der Waals surface area contributed by atoms with Crippen LogP contribution in [0.25, 0.3) is 10.2 Å². The number of hydrogen-bond acceptors (Lipinski definition) is 3. The van der Waals surface area contributed by atoms with Gasteiger partial charge in [-0.3, -0.25) is 0 Å². The lowest BCUT2D eigenvalue weighted by molar-refractivity contribution is 0.629. The lowest BCUT2D eigenvalue weighted by atomic mass is 10.3. The van der Waals surface area contributed by atoms with Gasteiger partial charge in [-0.2, -0.15) is 0 Å². The Hall–Kier alpha value is -1.94. The highest BCUT2D eigenvalue weighted by molar-refractivity contribution is 7.18. The number of rotatable bonds is 5. The number of benzene rings is 2. The standard InChI is InChI=1S/C16H15FN2S/c17-12-8-9-15-14(11-12)19-16(20-15)7-4-10-18-13-5-2-1-3-6-13/h1-3,5-6,8-9,11,18H,4,7,10H2. The molecule has 0 saturated heterocycles. The maximum Gasteiger partial charge on any atom is 0.125 e. The zero-order valence-electron chi connectivity index (χ0n) is 11.0. The summed E-state index contributed by atoms with van der Waals surface area (Å²) in [6.07, 6.45) is 1.93. The number of aromatic nitrogens is 1. The molecule has 0 fully saturated rings. The van der Waals surface area contributed by atoms with Gasteiger partial charge in [0.05, 0.1) is 15.2 Å². The van der Waals surface area contributed by atoms with E-state index in [0.29, 0.717) is 0 Å². The Bertz CT molecular complexity index is 694. The van der Waals surface area contributed by atoms with Crippen LogP contribution in [0.4, 0.5) is 10.1 Å². The van der Waals surface area contributed by atoms with Gasteiger partial charge < -0.3 is 5.32 Å². The average Bonchev–Trinajstić information content (AvgIpc) is 2.86. The van der Waals surface area contributed by atoms with Gasteiger partial charge in [-0.05, 0) is 30.7 Å². The third-order valence-electron chi connectivity index (χ3n) is 3.06. The van der Waals surface area contributed by atoms with E-state index < -0.39 is 0 Å². The molecule has 0 amide bonds. The molecule has 1 aromatic heterocycles. The number of fused-ring (bicyclic) bond motifs is 1. The first-order valence-electron chi connectivity index (χ1n) is 6.65. The zero-order chi connectivity index (χ0) is 13.8. The van der Waals surface area contributed by atoms with Gasteiger partial charge in [-0.25, -0.2) is 9.37 Å². The fourth-order valence-corrected chi connectivity index (χ4v) is 3.07. The van der Waals surface area contributed by atoms with Crippen molar-refractivity contribution in [3.05, 3.63) is 59.4 Å². The Morgan fingerprint density at radius 3 is 2.80 bits per heavy atom. The molecule has 0 spiro atoms. The number of hydrogen-bond donors (Lipinski definition) is 1. The Morgan fingerprint density at radius 2 is 1.95 bits per heavy atom. The van der Waals surface area contributed by atoms with Crippen molar-refractivity contribution in [3.63, 3.8) is 0 Å². The van der Waals surface area contributed by atoms with E-state index in [2.05, 4.69) is 22.4 Å². The molecule has 0 atom stereocenters. The molecule has 2 nitrogen and oxygen atoms in total. The molecule has 0 aliphatic heterocycles. The predicted octanol–water partition coefficient (Wildman–Crippen LogP) is 4.48. The summed E-state index contributed by atoms with van der Waals surface area (Å²) in [7, 11) is 0. The van der Waals surface area contributed by atoms with E-state index in [1.54, 1.807) is 17.4 Å². The van der Waals surface area contributed by atoms with Crippen LogP contribution in [0.5, 0.6) is 0 Å². The van der Waals surface area contributed by atoms with Gasteiger partial charge in [0.15, 0.2) is 0 Å². The molecule has 20 heavy (non-hydrogen) atoms. The molecule has 0 radical (unpaired) electrons. The topological polar surface area (TPSA) is 24.9 Å². The molecule has 102 valence electrons. The summed E-state index contributed by atoms with van der Waals surface area (Å²) < 4.78 is 14.1. The number of anilines is 1. The lowest BCUT2D eigenvalue weighted by Gasteiger charge is -2.04. The summed E-state index contributed by atoms with van der Waals surface area (Å²) in [6, 6.07) is 14.9. The van der Waals surface area contributed by atoms with E-state index in [-0.39, 0.29) is 5.82 Å². The molecule has 3 rings (SSSR count). The van der Waals surface area contributed by atoms with Gasteiger partial charge in [-0.1, -0.05) is 18.2 Å². The quantitative estimate of drug-likeness (QED) is 0.699. The molecule has 0 aliphatic carbocycles. The van der Waals surface area contributed by atoms with E-state index >= 15 is 0 Å². The summed E-state index contributed by atoms with van der Waals surface area (Å²) in [5.74, 6) is -0.222. The van der Waals surface area contributed by atoms with Crippen LogP contribution in [-0.2, 0) is 6.42 Å². The van der Waals surface area contributed by atoms with Crippen LogP contribution in [0.2, 0.25) is 0 Å². The fraction of sp³-hybridized carbons (Fsp3) is 0.188. The third kappa shape index (κ3) is 3.14. The van der Waals surface area contributed by atoms with Gasteiger partial charge in [0, 0.05) is 24.7 Å². The zero-order valence-corrected chi connectivity index (χ0v) is 11.8.